The van der Waals surface area contributed by atoms with Crippen molar-refractivity contribution in [2.45, 2.75) is 0 Å². The minimum Gasteiger partial charge on any atom is -0.308 e. The summed E-state index contributed by atoms with van der Waals surface area (Å²) in [5.41, 5.74) is 13.1. The van der Waals surface area contributed by atoms with Gasteiger partial charge < -0.3 is 9.13 Å². The van der Waals surface area contributed by atoms with E-state index in [2.05, 4.69) is 209 Å². The van der Waals surface area contributed by atoms with Gasteiger partial charge >= 0.3 is 0 Å². The molecule has 13 rings (SSSR count). The Morgan fingerprint density at radius 1 is 0.377 bits per heavy atom. The number of aromatic nitrogens is 4. The summed E-state index contributed by atoms with van der Waals surface area (Å²) < 4.78 is 7.60. The van der Waals surface area contributed by atoms with Crippen LogP contribution >= 0.6 is 11.3 Å². The fraction of sp³-hybridized carbons (Fsp3) is 0. The highest BCUT2D eigenvalue weighted by molar-refractivity contribution is 7.27. The third-order valence-electron chi connectivity index (χ3n) is 12.3. The second-order valence-electron chi connectivity index (χ2n) is 15.7. The van der Waals surface area contributed by atoms with Gasteiger partial charge in [-0.1, -0.05) is 152 Å². The molecule has 4 aromatic heterocycles. The highest BCUT2D eigenvalue weighted by Gasteiger charge is 2.27. The first kappa shape index (κ1) is 34.0. The zero-order valence-corrected chi connectivity index (χ0v) is 33.6. The van der Waals surface area contributed by atoms with Gasteiger partial charge in [0.25, 0.3) is 0 Å². The van der Waals surface area contributed by atoms with Crippen LogP contribution in [-0.2, 0) is 0 Å². The SMILES string of the molecule is c1ccc(-c2cc(-n3c4ccccc4c4c5c6ccccc6sc5c5c(c6ccccc6n5-c5ccccc5)c43)ccc2-c2nc(-c3ccccc3)c3ccccc3n2)cc1. The molecule has 0 fully saturated rings. The minimum absolute atomic E-state index is 0.699. The van der Waals surface area contributed by atoms with Crippen molar-refractivity contribution in [1.82, 2.24) is 19.1 Å². The van der Waals surface area contributed by atoms with E-state index in [-0.39, 0.29) is 0 Å². The van der Waals surface area contributed by atoms with Gasteiger partial charge in [-0.3, -0.25) is 0 Å². The van der Waals surface area contributed by atoms with Crippen LogP contribution in [0.4, 0.5) is 0 Å². The van der Waals surface area contributed by atoms with Crippen molar-refractivity contribution in [3.63, 3.8) is 0 Å². The number of thiophene rings is 1. The van der Waals surface area contributed by atoms with Gasteiger partial charge in [-0.25, -0.2) is 9.97 Å². The van der Waals surface area contributed by atoms with Gasteiger partial charge in [-0.05, 0) is 65.7 Å². The molecule has 0 bridgehead atoms. The van der Waals surface area contributed by atoms with Crippen molar-refractivity contribution in [3.05, 3.63) is 206 Å². The van der Waals surface area contributed by atoms with Gasteiger partial charge in [0.2, 0.25) is 0 Å². The number of hydrogen-bond donors (Lipinski definition) is 0. The molecular formula is C56H34N4S. The Kier molecular flexibility index (Phi) is 7.44. The lowest BCUT2D eigenvalue weighted by Crippen LogP contribution is -2.00. The van der Waals surface area contributed by atoms with E-state index in [0.717, 1.165) is 50.2 Å². The molecule has 13 aromatic rings. The molecule has 9 aromatic carbocycles. The minimum atomic E-state index is 0.699. The van der Waals surface area contributed by atoms with Crippen LogP contribution in [-0.4, -0.2) is 19.1 Å². The maximum Gasteiger partial charge on any atom is 0.161 e. The summed E-state index contributed by atoms with van der Waals surface area (Å²) in [6.45, 7) is 0. The molecule has 0 saturated carbocycles. The highest BCUT2D eigenvalue weighted by Crippen LogP contribution is 2.51. The summed E-state index contributed by atoms with van der Waals surface area (Å²) in [6.07, 6.45) is 0. The summed E-state index contributed by atoms with van der Waals surface area (Å²) >= 11 is 1.90. The molecule has 0 saturated heterocycles. The first-order valence-corrected chi connectivity index (χ1v) is 21.5. The summed E-state index contributed by atoms with van der Waals surface area (Å²) in [5.74, 6) is 0.699. The Morgan fingerprint density at radius 3 is 1.69 bits per heavy atom. The maximum atomic E-state index is 5.36. The second-order valence-corrected chi connectivity index (χ2v) is 16.7. The van der Waals surface area contributed by atoms with Crippen molar-refractivity contribution in [2.24, 2.45) is 0 Å². The fourth-order valence-corrected chi connectivity index (χ4v) is 11.0. The van der Waals surface area contributed by atoms with Gasteiger partial charge in [-0.15, -0.1) is 11.3 Å². The number of hydrogen-bond acceptors (Lipinski definition) is 3. The predicted octanol–water partition coefficient (Wildman–Crippen LogP) is 15.2. The number of nitrogens with zero attached hydrogens (tertiary/aromatic N) is 4. The van der Waals surface area contributed by atoms with Crippen LogP contribution in [0.3, 0.4) is 0 Å². The average Bonchev–Trinajstić information content (AvgIpc) is 4.00. The van der Waals surface area contributed by atoms with Gasteiger partial charge in [0.1, 0.15) is 0 Å². The Bertz CT molecular complexity index is 3860. The van der Waals surface area contributed by atoms with Crippen molar-refractivity contribution < 1.29 is 0 Å². The van der Waals surface area contributed by atoms with Crippen molar-refractivity contribution in [2.75, 3.05) is 0 Å². The smallest absolute Gasteiger partial charge is 0.161 e. The van der Waals surface area contributed by atoms with Gasteiger partial charge in [-0.2, -0.15) is 0 Å². The van der Waals surface area contributed by atoms with Gasteiger partial charge in [0, 0.05) is 64.9 Å². The van der Waals surface area contributed by atoms with Crippen molar-refractivity contribution >= 4 is 86.0 Å². The Morgan fingerprint density at radius 2 is 0.951 bits per heavy atom. The molecule has 4 nitrogen and oxygen atoms in total. The standard InChI is InChI=1S/C56H34N4S/c1-4-18-35(19-5-1)44-34-38(32-33-39(44)56-57-45-28-14-10-24-40(45)52(58-56)36-20-6-2-7-21-36)60-46-29-15-11-25-41(46)49-50-43-27-13-17-31-48(43)61-55(50)54-51(53(49)60)42-26-12-16-30-47(42)59(54)37-22-8-3-9-23-37/h1-34H. The molecule has 0 atom stereocenters. The quantitative estimate of drug-likeness (QED) is 0.174. The molecule has 61 heavy (non-hydrogen) atoms. The number of rotatable bonds is 5. The van der Waals surface area contributed by atoms with Gasteiger partial charge in [0.05, 0.1) is 38.0 Å². The zero-order valence-electron chi connectivity index (χ0n) is 32.8. The monoisotopic (exact) mass is 794 g/mol. The van der Waals surface area contributed by atoms with E-state index >= 15 is 0 Å². The topological polar surface area (TPSA) is 35.6 Å². The van der Waals surface area contributed by atoms with E-state index in [9.17, 15) is 0 Å². The number of para-hydroxylation sites is 4. The molecule has 0 radical (unpaired) electrons. The average molecular weight is 795 g/mol. The first-order chi connectivity index (χ1) is 30.3. The normalized spacial score (nSPS) is 11.9. The number of fused-ring (bicyclic) bond motifs is 13. The Labute approximate surface area is 354 Å². The van der Waals surface area contributed by atoms with Gasteiger partial charge in [0.15, 0.2) is 5.82 Å². The highest BCUT2D eigenvalue weighted by atomic mass is 32.1. The van der Waals surface area contributed by atoms with Crippen LogP contribution in [0.25, 0.3) is 120 Å². The Balaban J connectivity index is 1.19. The van der Waals surface area contributed by atoms with E-state index in [1.807, 2.05) is 17.4 Å². The van der Waals surface area contributed by atoms with Crippen LogP contribution < -0.4 is 0 Å². The summed E-state index contributed by atoms with van der Waals surface area (Å²) in [7, 11) is 0. The van der Waals surface area contributed by atoms with Crippen LogP contribution in [0.5, 0.6) is 0 Å². The predicted molar refractivity (Wildman–Crippen MR) is 257 cm³/mol. The second kappa shape index (κ2) is 13.3. The lowest BCUT2D eigenvalue weighted by atomic mass is 9.97. The molecule has 0 spiro atoms. The molecule has 0 aliphatic heterocycles. The van der Waals surface area contributed by atoms with Crippen LogP contribution in [0.1, 0.15) is 0 Å². The van der Waals surface area contributed by atoms with E-state index in [0.29, 0.717) is 5.82 Å². The summed E-state index contributed by atoms with van der Waals surface area (Å²) in [6, 6.07) is 74.0. The van der Waals surface area contributed by atoms with Crippen molar-refractivity contribution in [3.8, 4) is 45.1 Å². The molecule has 4 heterocycles. The van der Waals surface area contributed by atoms with Crippen LogP contribution in [0, 0.1) is 0 Å². The zero-order chi connectivity index (χ0) is 40.0. The first-order valence-electron chi connectivity index (χ1n) is 20.7. The van der Waals surface area contributed by atoms with E-state index in [1.165, 1.54) is 63.8 Å². The molecule has 0 unspecified atom stereocenters. The lowest BCUT2D eigenvalue weighted by Gasteiger charge is -2.16. The maximum absolute atomic E-state index is 5.36. The van der Waals surface area contributed by atoms with E-state index < -0.39 is 0 Å². The molecule has 0 amide bonds. The summed E-state index contributed by atoms with van der Waals surface area (Å²) in [4.78, 5) is 10.6. The van der Waals surface area contributed by atoms with E-state index in [4.69, 9.17) is 9.97 Å². The third-order valence-corrected chi connectivity index (χ3v) is 13.5. The van der Waals surface area contributed by atoms with Crippen LogP contribution in [0.2, 0.25) is 0 Å². The lowest BCUT2D eigenvalue weighted by molar-refractivity contribution is 1.18. The molecule has 0 N–H and O–H groups in total. The molecule has 0 aliphatic rings. The summed E-state index contributed by atoms with van der Waals surface area (Å²) in [5, 5.41) is 8.61. The fourth-order valence-electron chi connectivity index (χ4n) is 9.73. The molecule has 284 valence electrons. The third kappa shape index (κ3) is 5.05. The molecule has 0 aliphatic carbocycles. The number of benzene rings is 9. The Hall–Kier alpha value is -7.86. The molecule has 5 heteroatoms. The largest absolute Gasteiger partial charge is 0.308 e. The van der Waals surface area contributed by atoms with E-state index in [1.54, 1.807) is 0 Å². The molecular weight excluding hydrogens is 761 g/mol. The van der Waals surface area contributed by atoms with Crippen LogP contribution in [0.15, 0.2) is 206 Å². The van der Waals surface area contributed by atoms with Crippen molar-refractivity contribution in [1.29, 1.82) is 0 Å².